The molecule has 80 valence electrons. The Balaban J connectivity index is 1.92. The third kappa shape index (κ3) is 1.92. The zero-order chi connectivity index (χ0) is 9.97. The van der Waals surface area contributed by atoms with E-state index in [9.17, 15) is 4.79 Å². The minimum atomic E-state index is 0.254. The van der Waals surface area contributed by atoms with Gasteiger partial charge in [0.1, 0.15) is 0 Å². The van der Waals surface area contributed by atoms with Crippen molar-refractivity contribution in [3.8, 4) is 0 Å². The normalized spacial score (nSPS) is 33.4. The lowest BCUT2D eigenvalue weighted by atomic mass is 9.98. The number of hydrogen-bond acceptors (Lipinski definition) is 2. The summed E-state index contributed by atoms with van der Waals surface area (Å²) in [7, 11) is 0. The molecule has 2 aliphatic heterocycles. The molecule has 2 atom stereocenters. The van der Waals surface area contributed by atoms with E-state index in [1.807, 2.05) is 0 Å². The van der Waals surface area contributed by atoms with Crippen LogP contribution in [0, 0.1) is 5.92 Å². The SMILES string of the molecule is C[C@@H]1CCCN1C(=O)[C@H]1CCCNC1. The number of likely N-dealkylation sites (tertiary alicyclic amines) is 1. The molecular weight excluding hydrogens is 176 g/mol. The van der Waals surface area contributed by atoms with Crippen LogP contribution in [0.15, 0.2) is 0 Å². The van der Waals surface area contributed by atoms with E-state index in [-0.39, 0.29) is 5.92 Å². The van der Waals surface area contributed by atoms with Crippen molar-refractivity contribution >= 4 is 5.91 Å². The van der Waals surface area contributed by atoms with Crippen molar-refractivity contribution in [2.24, 2.45) is 5.92 Å². The predicted octanol–water partition coefficient (Wildman–Crippen LogP) is 0.997. The molecule has 0 bridgehead atoms. The minimum absolute atomic E-state index is 0.254. The smallest absolute Gasteiger partial charge is 0.227 e. The van der Waals surface area contributed by atoms with Gasteiger partial charge in [0.15, 0.2) is 0 Å². The minimum Gasteiger partial charge on any atom is -0.340 e. The molecule has 2 heterocycles. The summed E-state index contributed by atoms with van der Waals surface area (Å²) in [5.41, 5.74) is 0. The first-order valence-corrected chi connectivity index (χ1v) is 5.80. The van der Waals surface area contributed by atoms with E-state index >= 15 is 0 Å². The lowest BCUT2D eigenvalue weighted by Crippen LogP contribution is -2.44. The first-order valence-electron chi connectivity index (χ1n) is 5.80. The van der Waals surface area contributed by atoms with Gasteiger partial charge in [-0.15, -0.1) is 0 Å². The van der Waals surface area contributed by atoms with E-state index in [0.717, 1.165) is 32.5 Å². The third-order valence-electron chi connectivity index (χ3n) is 3.48. The van der Waals surface area contributed by atoms with Crippen LogP contribution >= 0.6 is 0 Å². The third-order valence-corrected chi connectivity index (χ3v) is 3.48. The van der Waals surface area contributed by atoms with E-state index in [1.54, 1.807) is 0 Å². The number of hydrogen-bond donors (Lipinski definition) is 1. The maximum Gasteiger partial charge on any atom is 0.227 e. The molecule has 0 aromatic heterocycles. The van der Waals surface area contributed by atoms with Crippen LogP contribution < -0.4 is 5.32 Å². The molecule has 0 radical (unpaired) electrons. The molecule has 0 unspecified atom stereocenters. The molecule has 2 saturated heterocycles. The number of amides is 1. The first-order chi connectivity index (χ1) is 6.79. The van der Waals surface area contributed by atoms with E-state index in [0.29, 0.717) is 11.9 Å². The number of carbonyl (C=O) groups is 1. The number of nitrogens with one attached hydrogen (secondary N) is 1. The van der Waals surface area contributed by atoms with E-state index in [1.165, 1.54) is 12.8 Å². The molecule has 1 amide bonds. The summed E-state index contributed by atoms with van der Waals surface area (Å²) >= 11 is 0. The first kappa shape index (κ1) is 9.97. The molecule has 2 aliphatic rings. The number of carbonyl (C=O) groups excluding carboxylic acids is 1. The van der Waals surface area contributed by atoms with Crippen molar-refractivity contribution in [1.29, 1.82) is 0 Å². The van der Waals surface area contributed by atoms with Crippen LogP contribution in [-0.2, 0) is 4.79 Å². The predicted molar refractivity (Wildman–Crippen MR) is 56.0 cm³/mol. The Morgan fingerprint density at radius 2 is 2.21 bits per heavy atom. The fourth-order valence-electron chi connectivity index (χ4n) is 2.56. The summed E-state index contributed by atoms with van der Waals surface area (Å²) in [5, 5.41) is 3.31. The number of piperidine rings is 1. The maximum absolute atomic E-state index is 12.1. The van der Waals surface area contributed by atoms with Gasteiger partial charge in [-0.3, -0.25) is 4.79 Å². The topological polar surface area (TPSA) is 32.3 Å². The lowest BCUT2D eigenvalue weighted by molar-refractivity contribution is -0.136. The molecule has 3 heteroatoms. The molecule has 14 heavy (non-hydrogen) atoms. The van der Waals surface area contributed by atoms with Crippen molar-refractivity contribution in [3.63, 3.8) is 0 Å². The lowest BCUT2D eigenvalue weighted by Gasteiger charge is -2.29. The second-order valence-electron chi connectivity index (χ2n) is 4.57. The monoisotopic (exact) mass is 196 g/mol. The highest BCUT2D eigenvalue weighted by molar-refractivity contribution is 5.79. The van der Waals surface area contributed by atoms with Gasteiger partial charge in [-0.25, -0.2) is 0 Å². The average molecular weight is 196 g/mol. The maximum atomic E-state index is 12.1. The van der Waals surface area contributed by atoms with Crippen LogP contribution in [0.3, 0.4) is 0 Å². The molecule has 0 aromatic carbocycles. The highest BCUT2D eigenvalue weighted by atomic mass is 16.2. The van der Waals surface area contributed by atoms with Crippen LogP contribution in [-0.4, -0.2) is 36.5 Å². The number of rotatable bonds is 1. The highest BCUT2D eigenvalue weighted by Gasteiger charge is 2.31. The van der Waals surface area contributed by atoms with Gasteiger partial charge in [0, 0.05) is 19.1 Å². The van der Waals surface area contributed by atoms with Gasteiger partial charge in [0.2, 0.25) is 5.91 Å². The zero-order valence-corrected chi connectivity index (χ0v) is 8.96. The van der Waals surface area contributed by atoms with Crippen molar-refractivity contribution < 1.29 is 4.79 Å². The van der Waals surface area contributed by atoms with Crippen LogP contribution in [0.25, 0.3) is 0 Å². The quantitative estimate of drug-likeness (QED) is 0.678. The van der Waals surface area contributed by atoms with E-state index in [2.05, 4.69) is 17.1 Å². The highest BCUT2D eigenvalue weighted by Crippen LogP contribution is 2.21. The average Bonchev–Trinajstić information content (AvgIpc) is 2.65. The molecule has 1 N–H and O–H groups in total. The van der Waals surface area contributed by atoms with Crippen LogP contribution in [0.2, 0.25) is 0 Å². The Morgan fingerprint density at radius 1 is 1.36 bits per heavy atom. The zero-order valence-electron chi connectivity index (χ0n) is 8.96. The van der Waals surface area contributed by atoms with Crippen LogP contribution in [0.4, 0.5) is 0 Å². The Hall–Kier alpha value is -0.570. The second kappa shape index (κ2) is 4.30. The van der Waals surface area contributed by atoms with Crippen molar-refractivity contribution in [2.75, 3.05) is 19.6 Å². The van der Waals surface area contributed by atoms with Gasteiger partial charge in [-0.2, -0.15) is 0 Å². The second-order valence-corrected chi connectivity index (χ2v) is 4.57. The molecule has 0 spiro atoms. The van der Waals surface area contributed by atoms with Crippen LogP contribution in [0.5, 0.6) is 0 Å². The van der Waals surface area contributed by atoms with E-state index < -0.39 is 0 Å². The summed E-state index contributed by atoms with van der Waals surface area (Å²) in [4.78, 5) is 14.2. The summed E-state index contributed by atoms with van der Waals surface area (Å²) in [6.07, 6.45) is 4.60. The van der Waals surface area contributed by atoms with Gasteiger partial charge in [0.05, 0.1) is 5.92 Å². The standard InChI is InChI=1S/C11H20N2O/c1-9-4-3-7-13(9)11(14)10-5-2-6-12-8-10/h9-10,12H,2-8H2,1H3/t9-,10+/m1/s1. The largest absolute Gasteiger partial charge is 0.340 e. The summed E-state index contributed by atoms with van der Waals surface area (Å²) in [6.45, 7) is 5.12. The van der Waals surface area contributed by atoms with Crippen molar-refractivity contribution in [1.82, 2.24) is 10.2 Å². The van der Waals surface area contributed by atoms with E-state index in [4.69, 9.17) is 0 Å². The Kier molecular flexibility index (Phi) is 3.06. The van der Waals surface area contributed by atoms with Crippen molar-refractivity contribution in [2.45, 2.75) is 38.6 Å². The van der Waals surface area contributed by atoms with Gasteiger partial charge in [-0.1, -0.05) is 0 Å². The Labute approximate surface area is 85.8 Å². The van der Waals surface area contributed by atoms with Gasteiger partial charge in [-0.05, 0) is 39.2 Å². The molecule has 2 fully saturated rings. The number of nitrogens with zero attached hydrogens (tertiary/aromatic N) is 1. The van der Waals surface area contributed by atoms with Gasteiger partial charge >= 0.3 is 0 Å². The van der Waals surface area contributed by atoms with Crippen LogP contribution in [0.1, 0.15) is 32.6 Å². The van der Waals surface area contributed by atoms with Gasteiger partial charge < -0.3 is 10.2 Å². The summed E-state index contributed by atoms with van der Waals surface area (Å²) in [6, 6.07) is 0.476. The Bertz CT molecular complexity index is 211. The molecular formula is C11H20N2O. The molecule has 0 saturated carbocycles. The molecule has 0 aromatic rings. The molecule has 0 aliphatic carbocycles. The summed E-state index contributed by atoms with van der Waals surface area (Å²) in [5.74, 6) is 0.645. The fraction of sp³-hybridized carbons (Fsp3) is 0.909. The fourth-order valence-corrected chi connectivity index (χ4v) is 2.56. The molecule has 3 nitrogen and oxygen atoms in total. The van der Waals surface area contributed by atoms with Crippen molar-refractivity contribution in [3.05, 3.63) is 0 Å². The van der Waals surface area contributed by atoms with Gasteiger partial charge in [0.25, 0.3) is 0 Å². The summed E-state index contributed by atoms with van der Waals surface area (Å²) < 4.78 is 0. The Morgan fingerprint density at radius 3 is 2.79 bits per heavy atom. The molecule has 2 rings (SSSR count).